The maximum absolute atomic E-state index is 11.2. The van der Waals surface area contributed by atoms with Gasteiger partial charge >= 0.3 is 0 Å². The fourth-order valence-electron chi connectivity index (χ4n) is 3.31. The average molecular weight is 406 g/mol. The fraction of sp³-hybridized carbons (Fsp3) is 0.0909. The van der Waals surface area contributed by atoms with Crippen LogP contribution in [0.5, 0.6) is 5.88 Å². The molecule has 29 heavy (non-hydrogen) atoms. The molecule has 0 aliphatic carbocycles. The van der Waals surface area contributed by atoms with Crippen molar-refractivity contribution in [3.63, 3.8) is 0 Å². The Labute approximate surface area is 171 Å². The molecule has 4 rings (SSSR count). The summed E-state index contributed by atoms with van der Waals surface area (Å²) in [7, 11) is 3.30. The molecule has 4 aromatic rings. The number of pyridine rings is 2. The molecule has 0 radical (unpaired) electrons. The first kappa shape index (κ1) is 18.8. The first-order chi connectivity index (χ1) is 14.1. The van der Waals surface area contributed by atoms with E-state index in [1.807, 2.05) is 41.9 Å². The summed E-state index contributed by atoms with van der Waals surface area (Å²) in [4.78, 5) is 31.5. The minimum atomic E-state index is 0.240. The number of carbonyl (C=O) groups excluding carboxylic acids is 2. The molecular weight excluding hydrogens is 390 g/mol. The second-order valence-corrected chi connectivity index (χ2v) is 6.84. The fourth-order valence-corrected chi connectivity index (χ4v) is 3.63. The molecule has 0 aliphatic rings. The van der Waals surface area contributed by atoms with E-state index in [1.165, 1.54) is 7.11 Å². The maximum Gasteiger partial charge on any atom is 0.224 e. The maximum atomic E-state index is 11.2. The number of benzene rings is 1. The number of hydrogen-bond donors (Lipinski definition) is 0. The third-order valence-corrected chi connectivity index (χ3v) is 5.15. The number of rotatable bonds is 5. The van der Waals surface area contributed by atoms with Gasteiger partial charge in [0.25, 0.3) is 0 Å². The van der Waals surface area contributed by atoms with Crippen molar-refractivity contribution in [1.82, 2.24) is 14.5 Å². The zero-order valence-corrected chi connectivity index (χ0v) is 16.5. The van der Waals surface area contributed by atoms with Crippen molar-refractivity contribution in [2.24, 2.45) is 7.05 Å². The van der Waals surface area contributed by atoms with Crippen LogP contribution in [0.1, 0.15) is 20.7 Å². The molecule has 6 nitrogen and oxygen atoms in total. The van der Waals surface area contributed by atoms with Crippen LogP contribution in [-0.4, -0.2) is 34.2 Å². The Kier molecular flexibility index (Phi) is 4.86. The summed E-state index contributed by atoms with van der Waals surface area (Å²) in [6, 6.07) is 12.7. The van der Waals surface area contributed by atoms with Gasteiger partial charge in [0.2, 0.25) is 5.88 Å². The number of ether oxygens (including phenoxy) is 1. The van der Waals surface area contributed by atoms with Crippen molar-refractivity contribution < 1.29 is 14.3 Å². The Morgan fingerprint density at radius 3 is 2.24 bits per heavy atom. The molecule has 0 spiro atoms. The Hall–Kier alpha value is -3.51. The van der Waals surface area contributed by atoms with Gasteiger partial charge in [-0.15, -0.1) is 0 Å². The van der Waals surface area contributed by atoms with E-state index < -0.39 is 0 Å². The van der Waals surface area contributed by atoms with Crippen LogP contribution in [0.4, 0.5) is 0 Å². The van der Waals surface area contributed by atoms with Gasteiger partial charge in [0.15, 0.2) is 12.6 Å². The van der Waals surface area contributed by atoms with Gasteiger partial charge in [-0.25, -0.2) is 9.97 Å². The van der Waals surface area contributed by atoms with E-state index in [0.717, 1.165) is 17.2 Å². The molecule has 3 aromatic heterocycles. The largest absolute Gasteiger partial charge is 0.480 e. The molecule has 3 heterocycles. The van der Waals surface area contributed by atoms with Crippen LogP contribution in [0.25, 0.3) is 33.5 Å². The molecule has 0 saturated heterocycles. The van der Waals surface area contributed by atoms with Crippen LogP contribution in [0.15, 0.2) is 48.7 Å². The number of aryl methyl sites for hydroxylation is 1. The summed E-state index contributed by atoms with van der Waals surface area (Å²) in [6.45, 7) is 0. The SMILES string of the molecule is COc1nc(-c2cccc(-c3ccc4c(C=O)cn(C)c4n3)c2Cl)ccc1C=O. The smallest absolute Gasteiger partial charge is 0.224 e. The second kappa shape index (κ2) is 7.48. The highest BCUT2D eigenvalue weighted by Crippen LogP contribution is 2.36. The minimum Gasteiger partial charge on any atom is -0.480 e. The van der Waals surface area contributed by atoms with Crippen LogP contribution in [-0.2, 0) is 7.05 Å². The van der Waals surface area contributed by atoms with Crippen LogP contribution < -0.4 is 4.74 Å². The summed E-state index contributed by atoms with van der Waals surface area (Å²) in [5.41, 5.74) is 4.35. The van der Waals surface area contributed by atoms with E-state index in [9.17, 15) is 9.59 Å². The molecule has 0 atom stereocenters. The molecule has 144 valence electrons. The predicted molar refractivity (Wildman–Crippen MR) is 112 cm³/mol. The van der Waals surface area contributed by atoms with Gasteiger partial charge in [-0.05, 0) is 24.3 Å². The van der Waals surface area contributed by atoms with Crippen molar-refractivity contribution in [2.75, 3.05) is 7.11 Å². The van der Waals surface area contributed by atoms with Crippen molar-refractivity contribution in [3.05, 3.63) is 64.8 Å². The zero-order valence-electron chi connectivity index (χ0n) is 15.7. The molecule has 0 N–H and O–H groups in total. The number of carbonyl (C=O) groups is 2. The van der Waals surface area contributed by atoms with Crippen LogP contribution >= 0.6 is 11.6 Å². The summed E-state index contributed by atoms with van der Waals surface area (Å²) in [5.74, 6) is 0.240. The quantitative estimate of drug-likeness (QED) is 0.454. The molecule has 0 fully saturated rings. The lowest BCUT2D eigenvalue weighted by Crippen LogP contribution is -1.97. The summed E-state index contributed by atoms with van der Waals surface area (Å²) < 4.78 is 7.01. The van der Waals surface area contributed by atoms with Crippen molar-refractivity contribution >= 4 is 35.2 Å². The zero-order chi connectivity index (χ0) is 20.5. The van der Waals surface area contributed by atoms with Crippen molar-refractivity contribution in [2.45, 2.75) is 0 Å². The van der Waals surface area contributed by atoms with E-state index in [1.54, 1.807) is 18.3 Å². The van der Waals surface area contributed by atoms with Crippen LogP contribution in [0.3, 0.4) is 0 Å². The Balaban J connectivity index is 1.85. The predicted octanol–water partition coefficient (Wildman–Crippen LogP) is 4.59. The van der Waals surface area contributed by atoms with Crippen molar-refractivity contribution in [3.8, 4) is 28.4 Å². The van der Waals surface area contributed by atoms with E-state index in [0.29, 0.717) is 45.0 Å². The van der Waals surface area contributed by atoms with E-state index in [-0.39, 0.29) is 5.88 Å². The molecule has 0 saturated carbocycles. The molecular formula is C22H16ClN3O3. The summed E-state index contributed by atoms with van der Waals surface area (Å²) in [6.07, 6.45) is 3.26. The summed E-state index contributed by atoms with van der Waals surface area (Å²) >= 11 is 6.72. The van der Waals surface area contributed by atoms with Gasteiger partial charge < -0.3 is 9.30 Å². The van der Waals surface area contributed by atoms with Gasteiger partial charge in [-0.1, -0.05) is 29.8 Å². The lowest BCUT2D eigenvalue weighted by atomic mass is 10.0. The number of halogens is 1. The van der Waals surface area contributed by atoms with Gasteiger partial charge in [-0.2, -0.15) is 0 Å². The molecule has 0 aliphatic heterocycles. The molecule has 1 aromatic carbocycles. The number of aldehydes is 2. The standard InChI is InChI=1S/C22H16ClN3O3/c1-26-10-14(12-28)15-7-9-18(24-21(15)26)16-4-3-5-17(20(16)23)19-8-6-13(11-27)22(25-19)29-2/h3-12H,1-2H3. The van der Waals surface area contributed by atoms with E-state index >= 15 is 0 Å². The number of aromatic nitrogens is 3. The lowest BCUT2D eigenvalue weighted by Gasteiger charge is -2.11. The summed E-state index contributed by atoms with van der Waals surface area (Å²) in [5, 5.41) is 1.27. The molecule has 0 amide bonds. The number of nitrogens with zero attached hydrogens (tertiary/aromatic N) is 3. The highest BCUT2D eigenvalue weighted by Gasteiger charge is 2.15. The van der Waals surface area contributed by atoms with E-state index in [2.05, 4.69) is 4.98 Å². The van der Waals surface area contributed by atoms with Crippen LogP contribution in [0.2, 0.25) is 5.02 Å². The van der Waals surface area contributed by atoms with Gasteiger partial charge in [-0.3, -0.25) is 9.59 Å². The van der Waals surface area contributed by atoms with Gasteiger partial charge in [0.1, 0.15) is 5.65 Å². The third-order valence-electron chi connectivity index (χ3n) is 4.74. The first-order valence-corrected chi connectivity index (χ1v) is 9.16. The highest BCUT2D eigenvalue weighted by molar-refractivity contribution is 6.36. The number of hydrogen-bond acceptors (Lipinski definition) is 5. The first-order valence-electron chi connectivity index (χ1n) is 8.78. The third kappa shape index (κ3) is 3.17. The molecule has 7 heteroatoms. The van der Waals surface area contributed by atoms with Crippen molar-refractivity contribution in [1.29, 1.82) is 0 Å². The topological polar surface area (TPSA) is 74.1 Å². The Bertz CT molecular complexity index is 1260. The second-order valence-electron chi connectivity index (χ2n) is 6.46. The normalized spacial score (nSPS) is 10.9. The molecule has 0 unspecified atom stereocenters. The van der Waals surface area contributed by atoms with Gasteiger partial charge in [0.05, 0.1) is 29.1 Å². The van der Waals surface area contributed by atoms with E-state index in [4.69, 9.17) is 21.3 Å². The van der Waals surface area contributed by atoms with Gasteiger partial charge in [0, 0.05) is 35.3 Å². The Morgan fingerprint density at radius 1 is 0.931 bits per heavy atom. The minimum absolute atomic E-state index is 0.240. The Morgan fingerprint density at radius 2 is 1.59 bits per heavy atom. The highest BCUT2D eigenvalue weighted by atomic mass is 35.5. The molecule has 0 bridgehead atoms. The average Bonchev–Trinajstić information content (AvgIpc) is 3.08. The lowest BCUT2D eigenvalue weighted by molar-refractivity contribution is 0.111. The monoisotopic (exact) mass is 405 g/mol. The number of methoxy groups -OCH3 is 1. The van der Waals surface area contributed by atoms with Crippen LogP contribution in [0, 0.1) is 0 Å². The number of fused-ring (bicyclic) bond motifs is 1.